The van der Waals surface area contributed by atoms with Crippen LogP contribution in [-0.2, 0) is 9.84 Å². The zero-order chi connectivity index (χ0) is 11.5. The van der Waals surface area contributed by atoms with Crippen molar-refractivity contribution in [3.05, 3.63) is 0 Å². The Morgan fingerprint density at radius 3 is 2.67 bits per heavy atom. The Hall–Kier alpha value is 0.200. The molecule has 0 radical (unpaired) electrons. The van der Waals surface area contributed by atoms with Crippen LogP contribution in [0.2, 0.25) is 0 Å². The van der Waals surface area contributed by atoms with E-state index in [9.17, 15) is 8.42 Å². The van der Waals surface area contributed by atoms with E-state index in [0.717, 1.165) is 13.0 Å². The van der Waals surface area contributed by atoms with E-state index in [1.807, 2.05) is 0 Å². The standard InChI is InChI=1S/C10H20ClNO2S/c1-3-15(13,14)7-6-12-5-4-9(2)10(12)8-11/h9-10H,3-8H2,1-2H3. The minimum atomic E-state index is -2.84. The quantitative estimate of drug-likeness (QED) is 0.695. The van der Waals surface area contributed by atoms with Gasteiger partial charge in [0.1, 0.15) is 0 Å². The van der Waals surface area contributed by atoms with E-state index in [-0.39, 0.29) is 11.5 Å². The van der Waals surface area contributed by atoms with Crippen molar-refractivity contribution in [2.24, 2.45) is 5.92 Å². The minimum absolute atomic E-state index is 0.238. The summed E-state index contributed by atoms with van der Waals surface area (Å²) in [7, 11) is -2.84. The predicted molar refractivity (Wildman–Crippen MR) is 64.2 cm³/mol. The maximum atomic E-state index is 11.4. The molecule has 0 amide bonds. The van der Waals surface area contributed by atoms with Crippen molar-refractivity contribution >= 4 is 21.4 Å². The van der Waals surface area contributed by atoms with Crippen LogP contribution >= 0.6 is 11.6 Å². The van der Waals surface area contributed by atoms with Crippen LogP contribution in [0.4, 0.5) is 0 Å². The Kier molecular flexibility index (Phi) is 4.87. The number of hydrogen-bond acceptors (Lipinski definition) is 3. The average Bonchev–Trinajstić information content (AvgIpc) is 2.56. The lowest BCUT2D eigenvalue weighted by Gasteiger charge is -2.24. The molecule has 1 aliphatic heterocycles. The number of alkyl halides is 1. The van der Waals surface area contributed by atoms with Crippen molar-refractivity contribution in [3.8, 4) is 0 Å². The van der Waals surface area contributed by atoms with Gasteiger partial charge in [0, 0.05) is 24.2 Å². The van der Waals surface area contributed by atoms with Gasteiger partial charge in [-0.05, 0) is 18.9 Å². The lowest BCUT2D eigenvalue weighted by molar-refractivity contribution is 0.264. The van der Waals surface area contributed by atoms with Crippen molar-refractivity contribution in [2.45, 2.75) is 26.3 Å². The molecule has 1 saturated heterocycles. The van der Waals surface area contributed by atoms with Crippen LogP contribution in [0.5, 0.6) is 0 Å². The van der Waals surface area contributed by atoms with Gasteiger partial charge >= 0.3 is 0 Å². The number of nitrogens with zero attached hydrogens (tertiary/aromatic N) is 1. The first kappa shape index (κ1) is 13.3. The van der Waals surface area contributed by atoms with Gasteiger partial charge in [-0.15, -0.1) is 11.6 Å². The molecule has 0 bridgehead atoms. The molecule has 3 nitrogen and oxygen atoms in total. The lowest BCUT2D eigenvalue weighted by Crippen LogP contribution is -2.37. The number of sulfone groups is 1. The zero-order valence-electron chi connectivity index (χ0n) is 9.45. The summed E-state index contributed by atoms with van der Waals surface area (Å²) in [5.41, 5.74) is 0. The fourth-order valence-electron chi connectivity index (χ4n) is 2.02. The number of hydrogen-bond donors (Lipinski definition) is 0. The van der Waals surface area contributed by atoms with Crippen LogP contribution in [0.3, 0.4) is 0 Å². The van der Waals surface area contributed by atoms with Crippen LogP contribution in [0.1, 0.15) is 20.3 Å². The van der Waals surface area contributed by atoms with Gasteiger partial charge in [-0.3, -0.25) is 4.90 Å². The van der Waals surface area contributed by atoms with Gasteiger partial charge in [0.15, 0.2) is 9.84 Å². The summed E-state index contributed by atoms with van der Waals surface area (Å²) in [5, 5.41) is 0. The van der Waals surface area contributed by atoms with Crippen LogP contribution in [0.15, 0.2) is 0 Å². The highest BCUT2D eigenvalue weighted by atomic mass is 35.5. The second-order valence-electron chi connectivity index (χ2n) is 4.26. The van der Waals surface area contributed by atoms with Gasteiger partial charge in [-0.1, -0.05) is 13.8 Å². The van der Waals surface area contributed by atoms with Gasteiger partial charge in [-0.2, -0.15) is 0 Å². The molecule has 0 saturated carbocycles. The van der Waals surface area contributed by atoms with E-state index in [0.29, 0.717) is 24.4 Å². The summed E-state index contributed by atoms with van der Waals surface area (Å²) in [6.45, 7) is 5.50. The molecule has 0 N–H and O–H groups in total. The smallest absolute Gasteiger partial charge is 0.151 e. The van der Waals surface area contributed by atoms with Crippen LogP contribution in [0.25, 0.3) is 0 Å². The first-order valence-electron chi connectivity index (χ1n) is 5.50. The zero-order valence-corrected chi connectivity index (χ0v) is 11.0. The second kappa shape index (κ2) is 5.51. The van der Waals surface area contributed by atoms with Gasteiger partial charge < -0.3 is 0 Å². The molecule has 1 rings (SSSR count). The summed E-state index contributed by atoms with van der Waals surface area (Å²) < 4.78 is 22.7. The van der Waals surface area contributed by atoms with Crippen molar-refractivity contribution in [2.75, 3.05) is 30.5 Å². The molecule has 2 atom stereocenters. The van der Waals surface area contributed by atoms with E-state index < -0.39 is 9.84 Å². The first-order chi connectivity index (χ1) is 7.00. The Morgan fingerprint density at radius 1 is 1.47 bits per heavy atom. The molecule has 0 aromatic carbocycles. The van der Waals surface area contributed by atoms with Crippen molar-refractivity contribution < 1.29 is 8.42 Å². The highest BCUT2D eigenvalue weighted by molar-refractivity contribution is 7.91. The van der Waals surface area contributed by atoms with Gasteiger partial charge in [0.05, 0.1) is 5.75 Å². The maximum Gasteiger partial charge on any atom is 0.151 e. The third-order valence-corrected chi connectivity index (χ3v) is 5.29. The van der Waals surface area contributed by atoms with E-state index in [2.05, 4.69) is 11.8 Å². The highest BCUT2D eigenvalue weighted by Crippen LogP contribution is 2.24. The van der Waals surface area contributed by atoms with E-state index >= 15 is 0 Å². The number of halogens is 1. The molecule has 0 aromatic heterocycles. The monoisotopic (exact) mass is 253 g/mol. The van der Waals surface area contributed by atoms with E-state index in [1.54, 1.807) is 6.92 Å². The molecule has 0 aliphatic carbocycles. The molecule has 1 fully saturated rings. The summed E-state index contributed by atoms with van der Waals surface area (Å²) in [5.74, 6) is 1.70. The molecule has 0 spiro atoms. The summed E-state index contributed by atoms with van der Waals surface area (Å²) in [6, 6.07) is 0.360. The van der Waals surface area contributed by atoms with E-state index in [1.165, 1.54) is 0 Å². The van der Waals surface area contributed by atoms with E-state index in [4.69, 9.17) is 11.6 Å². The molecule has 5 heteroatoms. The summed E-state index contributed by atoms with van der Waals surface area (Å²) in [6.07, 6.45) is 1.13. The van der Waals surface area contributed by atoms with Crippen LogP contribution in [0, 0.1) is 5.92 Å². The SMILES string of the molecule is CCS(=O)(=O)CCN1CCC(C)C1CCl. The fraction of sp³-hybridized carbons (Fsp3) is 1.00. The molecule has 1 aliphatic rings. The summed E-state index contributed by atoms with van der Waals surface area (Å²) in [4.78, 5) is 2.21. The van der Waals surface area contributed by atoms with Gasteiger partial charge in [0.2, 0.25) is 0 Å². The van der Waals surface area contributed by atoms with Crippen LogP contribution < -0.4 is 0 Å². The van der Waals surface area contributed by atoms with Crippen LogP contribution in [-0.4, -0.2) is 49.8 Å². The Morgan fingerprint density at radius 2 is 2.13 bits per heavy atom. The van der Waals surface area contributed by atoms with Gasteiger partial charge in [-0.25, -0.2) is 8.42 Å². The number of rotatable bonds is 5. The topological polar surface area (TPSA) is 37.4 Å². The molecule has 0 aromatic rings. The Labute approximate surface area is 97.7 Å². The third kappa shape index (κ3) is 3.61. The normalized spacial score (nSPS) is 28.5. The molecule has 2 unspecified atom stereocenters. The average molecular weight is 254 g/mol. The molecular formula is C10H20ClNO2S. The minimum Gasteiger partial charge on any atom is -0.298 e. The molecule has 1 heterocycles. The fourth-order valence-corrected chi connectivity index (χ4v) is 3.32. The Balaban J connectivity index is 2.46. The highest BCUT2D eigenvalue weighted by Gasteiger charge is 2.30. The van der Waals surface area contributed by atoms with Gasteiger partial charge in [0.25, 0.3) is 0 Å². The maximum absolute atomic E-state index is 11.4. The first-order valence-corrected chi connectivity index (χ1v) is 7.86. The molecular weight excluding hydrogens is 234 g/mol. The largest absolute Gasteiger partial charge is 0.298 e. The molecule has 15 heavy (non-hydrogen) atoms. The number of likely N-dealkylation sites (tertiary alicyclic amines) is 1. The second-order valence-corrected chi connectivity index (χ2v) is 7.04. The summed E-state index contributed by atoms with van der Waals surface area (Å²) >= 11 is 5.89. The lowest BCUT2D eigenvalue weighted by atomic mass is 10.1. The van der Waals surface area contributed by atoms with Crippen molar-refractivity contribution in [1.82, 2.24) is 4.90 Å². The predicted octanol–water partition coefficient (Wildman–Crippen LogP) is 1.37. The Bertz CT molecular complexity index is 292. The van der Waals surface area contributed by atoms with Crippen molar-refractivity contribution in [3.63, 3.8) is 0 Å². The molecule has 90 valence electrons. The third-order valence-electron chi connectivity index (χ3n) is 3.28. The van der Waals surface area contributed by atoms with Crippen molar-refractivity contribution in [1.29, 1.82) is 0 Å².